The van der Waals surface area contributed by atoms with Crippen LogP contribution in [-0.4, -0.2) is 0 Å². The van der Waals surface area contributed by atoms with Gasteiger partial charge in [-0.1, -0.05) is 108 Å². The first-order valence-electron chi connectivity index (χ1n) is 19.3. The Balaban J connectivity index is 0.914. The molecule has 3 heterocycles. The summed E-state index contributed by atoms with van der Waals surface area (Å²) in [6.45, 7) is 0. The number of anilines is 6. The number of hydrogen-bond acceptors (Lipinski definition) is 6. The fourth-order valence-electron chi connectivity index (χ4n) is 8.37. The molecule has 0 saturated heterocycles. The van der Waals surface area contributed by atoms with Gasteiger partial charge < -0.3 is 14.2 Å². The highest BCUT2D eigenvalue weighted by molar-refractivity contribution is 8.05. The molecule has 0 amide bonds. The van der Waals surface area contributed by atoms with Crippen LogP contribution in [0, 0.1) is 0 Å². The molecule has 0 aliphatic carbocycles. The van der Waals surface area contributed by atoms with Gasteiger partial charge in [0.05, 0.1) is 0 Å². The maximum atomic E-state index is 6.64. The van der Waals surface area contributed by atoms with E-state index in [9.17, 15) is 0 Å². The monoisotopic (exact) mass is 796 g/mol. The average molecular weight is 797 g/mol. The molecule has 12 rings (SSSR count). The Labute approximate surface area is 347 Å². The van der Waals surface area contributed by atoms with Crippen LogP contribution in [0.25, 0.3) is 52.9 Å². The molecule has 0 saturated carbocycles. The molecular formula is C52H32N2OS3. The maximum absolute atomic E-state index is 6.64. The molecule has 58 heavy (non-hydrogen) atoms. The standard InChI is InChI=1S/C52H32N2OS3/c1-3-12-34(13-4-1)53(36-21-26-47-44(29-36)42-17-9-10-18-46(42)56-47)38-22-27-48-50(31-38)57-49-28-23-39(32-51(49)58-48)54(35-14-5-2-6-15-35)37-20-25-41-43-24-19-33-11-7-8-16-40(33)52(43)55-45(41)30-37/h1-32H. The number of thiophene rings is 1. The van der Waals surface area contributed by atoms with Gasteiger partial charge in [0.1, 0.15) is 11.2 Å². The van der Waals surface area contributed by atoms with Crippen molar-refractivity contribution < 1.29 is 4.42 Å². The summed E-state index contributed by atoms with van der Waals surface area (Å²) >= 11 is 5.55. The predicted molar refractivity (Wildman–Crippen MR) is 248 cm³/mol. The first-order chi connectivity index (χ1) is 28.7. The van der Waals surface area contributed by atoms with Gasteiger partial charge in [0, 0.05) is 96.1 Å². The topological polar surface area (TPSA) is 19.6 Å². The van der Waals surface area contributed by atoms with Crippen molar-refractivity contribution in [3.63, 3.8) is 0 Å². The molecule has 0 bridgehead atoms. The smallest absolute Gasteiger partial charge is 0.143 e. The second-order valence-electron chi connectivity index (χ2n) is 14.5. The fraction of sp³-hybridized carbons (Fsp3) is 0. The van der Waals surface area contributed by atoms with E-state index in [0.717, 1.165) is 61.4 Å². The van der Waals surface area contributed by atoms with E-state index < -0.39 is 0 Å². The minimum absolute atomic E-state index is 0.880. The molecule has 0 unspecified atom stereocenters. The summed E-state index contributed by atoms with van der Waals surface area (Å²) in [5.74, 6) is 0. The number of furan rings is 1. The lowest BCUT2D eigenvalue weighted by molar-refractivity contribution is 0.672. The van der Waals surface area contributed by atoms with Gasteiger partial charge in [0.2, 0.25) is 0 Å². The molecule has 1 aliphatic heterocycles. The van der Waals surface area contributed by atoms with Crippen molar-refractivity contribution in [2.75, 3.05) is 9.80 Å². The molecule has 0 fully saturated rings. The molecule has 9 aromatic carbocycles. The van der Waals surface area contributed by atoms with Crippen LogP contribution in [0.1, 0.15) is 0 Å². The Morgan fingerprint density at radius 2 is 0.862 bits per heavy atom. The maximum Gasteiger partial charge on any atom is 0.143 e. The van der Waals surface area contributed by atoms with Gasteiger partial charge in [-0.25, -0.2) is 0 Å². The van der Waals surface area contributed by atoms with Crippen LogP contribution >= 0.6 is 34.9 Å². The van der Waals surface area contributed by atoms with E-state index in [4.69, 9.17) is 4.42 Å². The van der Waals surface area contributed by atoms with Gasteiger partial charge in [-0.05, 0) is 109 Å². The molecule has 0 N–H and O–H groups in total. The minimum atomic E-state index is 0.880. The quantitative estimate of drug-likeness (QED) is 0.166. The Morgan fingerprint density at radius 3 is 1.57 bits per heavy atom. The van der Waals surface area contributed by atoms with Crippen LogP contribution < -0.4 is 9.80 Å². The molecule has 11 aromatic rings. The SMILES string of the molecule is c1ccc(N(c2ccc3c(c2)Sc2ccc(N(c4ccccc4)c4ccc5sc6ccccc6c5c4)cc2S3)c2ccc3c(c2)oc2c4ccccc4ccc32)cc1. The first-order valence-corrected chi connectivity index (χ1v) is 21.8. The highest BCUT2D eigenvalue weighted by Crippen LogP contribution is 2.52. The average Bonchev–Trinajstić information content (AvgIpc) is 3.85. The van der Waals surface area contributed by atoms with Crippen molar-refractivity contribution in [3.8, 4) is 0 Å². The van der Waals surface area contributed by atoms with E-state index >= 15 is 0 Å². The normalized spacial score (nSPS) is 12.3. The third-order valence-electron chi connectivity index (χ3n) is 11.1. The number of hydrogen-bond donors (Lipinski definition) is 0. The van der Waals surface area contributed by atoms with Gasteiger partial charge >= 0.3 is 0 Å². The van der Waals surface area contributed by atoms with E-state index in [-0.39, 0.29) is 0 Å². The molecular weight excluding hydrogens is 765 g/mol. The molecule has 6 heteroatoms. The molecule has 0 spiro atoms. The minimum Gasteiger partial charge on any atom is -0.455 e. The van der Waals surface area contributed by atoms with Crippen LogP contribution in [0.5, 0.6) is 0 Å². The first kappa shape index (κ1) is 33.7. The van der Waals surface area contributed by atoms with Gasteiger partial charge in [0.15, 0.2) is 0 Å². The van der Waals surface area contributed by atoms with Gasteiger partial charge in [-0.3, -0.25) is 0 Å². The molecule has 0 radical (unpaired) electrons. The van der Waals surface area contributed by atoms with Crippen LogP contribution in [0.3, 0.4) is 0 Å². The highest BCUT2D eigenvalue weighted by atomic mass is 32.2. The summed E-state index contributed by atoms with van der Waals surface area (Å²) in [7, 11) is 0. The highest BCUT2D eigenvalue weighted by Gasteiger charge is 2.23. The fourth-order valence-corrected chi connectivity index (χ4v) is 11.7. The Hall–Kier alpha value is -6.44. The van der Waals surface area contributed by atoms with E-state index in [2.05, 4.69) is 204 Å². The van der Waals surface area contributed by atoms with Crippen LogP contribution in [-0.2, 0) is 0 Å². The molecule has 2 aromatic heterocycles. The molecule has 1 aliphatic rings. The summed E-state index contributed by atoms with van der Waals surface area (Å²) in [5, 5.41) is 7.18. The zero-order valence-electron chi connectivity index (χ0n) is 31.0. The zero-order valence-corrected chi connectivity index (χ0v) is 33.5. The predicted octanol–water partition coefficient (Wildman–Crippen LogP) is 16.7. The summed E-state index contributed by atoms with van der Waals surface area (Å²) in [4.78, 5) is 9.73. The van der Waals surface area contributed by atoms with Gasteiger partial charge in [-0.2, -0.15) is 0 Å². The third kappa shape index (κ3) is 5.59. The molecule has 0 atom stereocenters. The summed E-state index contributed by atoms with van der Waals surface area (Å²) in [6.07, 6.45) is 0. The number of para-hydroxylation sites is 2. The third-order valence-corrected chi connectivity index (χ3v) is 14.7. The second-order valence-corrected chi connectivity index (χ2v) is 17.8. The number of nitrogens with zero attached hydrogens (tertiary/aromatic N) is 2. The molecule has 274 valence electrons. The Bertz CT molecular complexity index is 3370. The van der Waals surface area contributed by atoms with E-state index in [1.807, 2.05) is 34.9 Å². The zero-order chi connectivity index (χ0) is 38.2. The summed E-state index contributed by atoms with van der Waals surface area (Å²) in [5.41, 5.74) is 8.49. The lowest BCUT2D eigenvalue weighted by Crippen LogP contribution is -2.10. The largest absolute Gasteiger partial charge is 0.455 e. The van der Waals surface area contributed by atoms with Gasteiger partial charge in [0.25, 0.3) is 0 Å². The van der Waals surface area contributed by atoms with Crippen LogP contribution in [0.2, 0.25) is 0 Å². The van der Waals surface area contributed by atoms with E-state index in [0.29, 0.717) is 0 Å². The second kappa shape index (κ2) is 13.6. The van der Waals surface area contributed by atoms with Crippen molar-refractivity contribution >= 4 is 122 Å². The number of rotatable bonds is 6. The van der Waals surface area contributed by atoms with Crippen molar-refractivity contribution in [1.29, 1.82) is 0 Å². The van der Waals surface area contributed by atoms with Crippen molar-refractivity contribution in [1.82, 2.24) is 0 Å². The van der Waals surface area contributed by atoms with Gasteiger partial charge in [-0.15, -0.1) is 11.3 Å². The van der Waals surface area contributed by atoms with Crippen molar-refractivity contribution in [2.45, 2.75) is 19.6 Å². The summed E-state index contributed by atoms with van der Waals surface area (Å²) in [6, 6.07) is 70.1. The molecule has 3 nitrogen and oxygen atoms in total. The number of fused-ring (bicyclic) bond motifs is 10. The lowest BCUT2D eigenvalue weighted by Gasteiger charge is -2.29. The van der Waals surface area contributed by atoms with Crippen molar-refractivity contribution in [2.24, 2.45) is 0 Å². The Kier molecular flexibility index (Phi) is 7.90. The number of benzene rings is 9. The lowest BCUT2D eigenvalue weighted by atomic mass is 10.1. The Morgan fingerprint density at radius 1 is 0.328 bits per heavy atom. The van der Waals surface area contributed by atoms with E-state index in [1.54, 1.807) is 0 Å². The van der Waals surface area contributed by atoms with Crippen LogP contribution in [0.15, 0.2) is 218 Å². The summed E-state index contributed by atoms with van der Waals surface area (Å²) < 4.78 is 9.26. The van der Waals surface area contributed by atoms with Crippen molar-refractivity contribution in [3.05, 3.63) is 194 Å². The van der Waals surface area contributed by atoms with Crippen LogP contribution in [0.4, 0.5) is 34.1 Å². The van der Waals surface area contributed by atoms with E-state index in [1.165, 1.54) is 45.1 Å².